The molecule has 108 heavy (non-hydrogen) atoms. The Labute approximate surface area is 631 Å². The Kier molecular flexibility index (Phi) is 14.4. The van der Waals surface area contributed by atoms with Gasteiger partial charge in [0.1, 0.15) is 34.5 Å². The molecule has 6 heterocycles. The molecule has 0 spiro atoms. The standard InChI is InChI=1S/C96H71B3N6O3/c1-59-45-61(3)95(62(4)46-59)104-82-57-80-76(97-74-41-25-27-43-86(74)106-89-52-71(49-81(100-80)92(89)97)101(65-29-13-7-14-30-65)66-31-15-8-16-32-66)55-77(82)99-79-56-78-83(58-88(79)108-91-54-73(51-85(104)94(91)99)103(69-37-21-11-22-38-69)70-39-23-12-24-40-70)105(96-63(5)47-60(2)48-64(96)6)84-50-72(53-90-93(84)98(78)75-42-26-28-44-87(75)107-90)102(67-33-17-9-18-34-67)68-35-19-10-20-36-68/h7-58,100H,1-6H3. The van der Waals surface area contributed by atoms with Crippen molar-refractivity contribution < 1.29 is 14.2 Å². The van der Waals surface area contributed by atoms with Gasteiger partial charge in [-0.05, 0) is 222 Å². The number of hydrogen-bond donors (Lipinski definition) is 1. The van der Waals surface area contributed by atoms with Gasteiger partial charge in [0.15, 0.2) is 0 Å². The van der Waals surface area contributed by atoms with Crippen molar-refractivity contribution in [2.75, 3.05) is 29.8 Å². The number of benzene rings is 15. The molecule has 21 rings (SSSR count). The fourth-order valence-corrected chi connectivity index (χ4v) is 18.7. The minimum absolute atomic E-state index is 0.210. The molecule has 0 atom stereocenters. The lowest BCUT2D eigenvalue weighted by molar-refractivity contribution is 0.487. The summed E-state index contributed by atoms with van der Waals surface area (Å²) in [4.78, 5) is 12.2. The van der Waals surface area contributed by atoms with E-state index in [2.05, 4.69) is 387 Å². The zero-order valence-corrected chi connectivity index (χ0v) is 60.7. The molecule has 512 valence electrons. The lowest BCUT2D eigenvalue weighted by atomic mass is 9.29. The number of anilines is 17. The van der Waals surface area contributed by atoms with Crippen molar-refractivity contribution in [1.29, 1.82) is 0 Å². The van der Waals surface area contributed by atoms with Gasteiger partial charge in [-0.25, -0.2) is 0 Å². The fraction of sp³-hybridized carbons (Fsp3) is 0.0625. The second kappa shape index (κ2) is 24.7. The Balaban J connectivity index is 0.854. The molecule has 9 nitrogen and oxygen atoms in total. The molecule has 15 aromatic rings. The molecule has 6 aliphatic heterocycles. The molecule has 15 aromatic carbocycles. The van der Waals surface area contributed by atoms with E-state index in [1.54, 1.807) is 0 Å². The molecule has 0 radical (unpaired) electrons. The number of aryl methyl sites for hydroxylation is 6. The highest BCUT2D eigenvalue weighted by Gasteiger charge is 2.50. The molecule has 0 saturated heterocycles. The molecule has 0 aromatic heterocycles. The predicted octanol–water partition coefficient (Wildman–Crippen LogP) is 19.4. The molecule has 1 N–H and O–H groups in total. The minimum Gasteiger partial charge on any atom is -0.458 e. The average Bonchev–Trinajstić information content (AvgIpc) is 0.686. The van der Waals surface area contributed by atoms with E-state index in [4.69, 9.17) is 14.2 Å². The third-order valence-corrected chi connectivity index (χ3v) is 22.7. The highest BCUT2D eigenvalue weighted by atomic mass is 16.5. The molecule has 6 aliphatic rings. The van der Waals surface area contributed by atoms with Gasteiger partial charge in [-0.1, -0.05) is 193 Å². The Morgan fingerprint density at radius 2 is 0.565 bits per heavy atom. The van der Waals surface area contributed by atoms with Crippen LogP contribution in [0.25, 0.3) is 0 Å². The van der Waals surface area contributed by atoms with Crippen LogP contribution in [-0.4, -0.2) is 20.1 Å². The maximum absolute atomic E-state index is 8.06. The van der Waals surface area contributed by atoms with Crippen molar-refractivity contribution in [3.8, 4) is 34.5 Å². The van der Waals surface area contributed by atoms with Gasteiger partial charge in [0, 0.05) is 92.5 Å². The lowest BCUT2D eigenvalue weighted by Crippen LogP contribution is -2.65. The number of nitrogens with one attached hydrogen (secondary N) is 1. The molecular formula is C96H71B3N6O3. The maximum atomic E-state index is 8.06. The van der Waals surface area contributed by atoms with Crippen molar-refractivity contribution in [3.63, 3.8) is 0 Å². The third-order valence-electron chi connectivity index (χ3n) is 22.7. The first kappa shape index (κ1) is 63.2. The smallest absolute Gasteiger partial charge is 0.256 e. The summed E-state index contributed by atoms with van der Waals surface area (Å²) in [5.41, 5.74) is 34.8. The molecule has 0 amide bonds. The molecule has 12 heteroatoms. The molecule has 0 bridgehead atoms. The van der Waals surface area contributed by atoms with E-state index >= 15 is 0 Å². The molecule has 0 fully saturated rings. The van der Waals surface area contributed by atoms with Crippen LogP contribution in [0.1, 0.15) is 33.4 Å². The van der Waals surface area contributed by atoms with Gasteiger partial charge in [-0.2, -0.15) is 0 Å². The quantitative estimate of drug-likeness (QED) is 0.128. The summed E-state index contributed by atoms with van der Waals surface area (Å²) in [5, 5.41) is 4.20. The summed E-state index contributed by atoms with van der Waals surface area (Å²) in [6.45, 7) is 12.7. The molecular weight excluding hydrogens is 1320 g/mol. The topological polar surface area (TPSA) is 55.9 Å². The van der Waals surface area contributed by atoms with Gasteiger partial charge >= 0.3 is 0 Å². The van der Waals surface area contributed by atoms with E-state index < -0.39 is 0 Å². The Hall–Kier alpha value is -13.3. The van der Waals surface area contributed by atoms with Gasteiger partial charge in [0.2, 0.25) is 0 Å². The molecule has 0 saturated carbocycles. The summed E-state index contributed by atoms with van der Waals surface area (Å²) in [7, 11) is 0. The van der Waals surface area contributed by atoms with Crippen molar-refractivity contribution in [1.82, 2.24) is 0 Å². The number of ether oxygens (including phenoxy) is 3. The van der Waals surface area contributed by atoms with E-state index in [0.29, 0.717) is 0 Å². The molecule has 0 unspecified atom stereocenters. The summed E-state index contributed by atoms with van der Waals surface area (Å²) in [6, 6.07) is 115. The van der Waals surface area contributed by atoms with Crippen LogP contribution in [0.3, 0.4) is 0 Å². The number of nitrogens with zero attached hydrogens (tertiary/aromatic N) is 5. The van der Waals surface area contributed by atoms with Gasteiger partial charge < -0.3 is 44.0 Å². The number of para-hydroxylation sites is 8. The second-order valence-corrected chi connectivity index (χ2v) is 29.6. The highest BCUT2D eigenvalue weighted by Crippen LogP contribution is 2.53. The number of rotatable bonds is 11. The Morgan fingerprint density at radius 1 is 0.241 bits per heavy atom. The van der Waals surface area contributed by atoms with Gasteiger partial charge in [0.25, 0.3) is 20.1 Å². The first-order valence-electron chi connectivity index (χ1n) is 37.4. The largest absolute Gasteiger partial charge is 0.458 e. The van der Waals surface area contributed by atoms with Crippen molar-refractivity contribution in [2.24, 2.45) is 0 Å². The summed E-state index contributed by atoms with van der Waals surface area (Å²) in [5.74, 6) is 4.88. The summed E-state index contributed by atoms with van der Waals surface area (Å²) < 4.78 is 22.7. The normalized spacial score (nSPS) is 13.1. The second-order valence-electron chi connectivity index (χ2n) is 29.6. The van der Waals surface area contributed by atoms with Gasteiger partial charge in [-0.3, -0.25) is 0 Å². The van der Waals surface area contributed by atoms with Gasteiger partial charge in [-0.15, -0.1) is 0 Å². The van der Waals surface area contributed by atoms with E-state index in [9.17, 15) is 0 Å². The first-order chi connectivity index (χ1) is 53.0. The minimum atomic E-state index is -0.355. The number of hydrogen-bond acceptors (Lipinski definition) is 9. The highest BCUT2D eigenvalue weighted by molar-refractivity contribution is 7.03. The molecule has 0 aliphatic carbocycles. The monoisotopic (exact) mass is 1390 g/mol. The van der Waals surface area contributed by atoms with E-state index in [1.165, 1.54) is 38.6 Å². The lowest BCUT2D eigenvalue weighted by Gasteiger charge is -2.45. The summed E-state index contributed by atoms with van der Waals surface area (Å²) >= 11 is 0. The zero-order chi connectivity index (χ0) is 72.2. The predicted molar refractivity (Wildman–Crippen MR) is 452 cm³/mol. The number of fused-ring (bicyclic) bond motifs is 12. The van der Waals surface area contributed by atoms with E-state index in [-0.39, 0.29) is 20.1 Å². The van der Waals surface area contributed by atoms with Crippen LogP contribution >= 0.6 is 0 Å². The van der Waals surface area contributed by atoms with E-state index in [0.717, 1.165) is 175 Å². The van der Waals surface area contributed by atoms with Crippen LogP contribution in [0.4, 0.5) is 96.7 Å². The first-order valence-corrected chi connectivity index (χ1v) is 37.4. The fourth-order valence-electron chi connectivity index (χ4n) is 18.7. The van der Waals surface area contributed by atoms with Crippen LogP contribution < -0.4 is 93.2 Å². The third kappa shape index (κ3) is 9.89. The van der Waals surface area contributed by atoms with Crippen molar-refractivity contribution in [3.05, 3.63) is 349 Å². The summed E-state index contributed by atoms with van der Waals surface area (Å²) in [6.07, 6.45) is 0. The van der Waals surface area contributed by atoms with Crippen LogP contribution in [0.15, 0.2) is 315 Å². The Morgan fingerprint density at radius 3 is 0.972 bits per heavy atom. The van der Waals surface area contributed by atoms with Crippen LogP contribution in [0, 0.1) is 41.5 Å². The maximum Gasteiger partial charge on any atom is 0.256 e. The van der Waals surface area contributed by atoms with Crippen LogP contribution in [-0.2, 0) is 0 Å². The average molecular weight is 1390 g/mol. The SMILES string of the molecule is Cc1cc(C)c(N2c3cc4c(cc3B3c5cc6c(cc5Oc5cc(N(c7ccccc7)c7ccccc7)cc2c53)N(c2c(C)cc(C)cc2C)c2cc(N(c3ccccc3)c3ccccc3)cc3c2B6c2ccccc2O3)B2c3ccccc3Oc3cc(N(c5ccccc5)c5ccccc5)cc(c32)N4)c(C)c1. The van der Waals surface area contributed by atoms with Crippen LogP contribution in [0.2, 0.25) is 0 Å². The van der Waals surface area contributed by atoms with Crippen LogP contribution in [0.5, 0.6) is 34.5 Å². The Bertz CT molecular complexity index is 6040. The zero-order valence-electron chi connectivity index (χ0n) is 60.7. The van der Waals surface area contributed by atoms with E-state index in [1.807, 2.05) is 0 Å². The van der Waals surface area contributed by atoms with Gasteiger partial charge in [0.05, 0.1) is 28.4 Å². The van der Waals surface area contributed by atoms with Crippen molar-refractivity contribution in [2.45, 2.75) is 41.5 Å². The van der Waals surface area contributed by atoms with Crippen molar-refractivity contribution >= 4 is 166 Å².